The maximum Gasteiger partial charge on any atom is 0.410 e. The van der Waals surface area contributed by atoms with Gasteiger partial charge in [0.15, 0.2) is 0 Å². The van der Waals surface area contributed by atoms with Gasteiger partial charge >= 0.3 is 6.09 Å². The predicted octanol–water partition coefficient (Wildman–Crippen LogP) is 2.30. The van der Waals surface area contributed by atoms with Gasteiger partial charge in [-0.2, -0.15) is 0 Å². The molecule has 0 saturated carbocycles. The second-order valence-corrected chi connectivity index (χ2v) is 6.53. The summed E-state index contributed by atoms with van der Waals surface area (Å²) in [7, 11) is 0. The molecule has 0 aromatic rings. The number of nitrogens with zero attached hydrogens (tertiary/aromatic N) is 1. The quantitative estimate of drug-likeness (QED) is 0.708. The fourth-order valence-corrected chi connectivity index (χ4v) is 2.99. The van der Waals surface area contributed by atoms with Gasteiger partial charge < -0.3 is 9.84 Å². The maximum atomic E-state index is 12.2. The monoisotopic (exact) mass is 241 g/mol. The zero-order valence-electron chi connectivity index (χ0n) is 11.2. The molecule has 3 atom stereocenters. The number of hydrogen-bond acceptors (Lipinski definition) is 3. The van der Waals surface area contributed by atoms with E-state index in [1.54, 1.807) is 4.90 Å². The van der Waals surface area contributed by atoms with Crippen molar-refractivity contribution in [3.63, 3.8) is 0 Å². The molecule has 0 radical (unpaired) electrons. The molecule has 0 aromatic carbocycles. The molecule has 2 heterocycles. The Balaban J connectivity index is 2.13. The van der Waals surface area contributed by atoms with Crippen molar-refractivity contribution in [2.45, 2.75) is 76.7 Å². The summed E-state index contributed by atoms with van der Waals surface area (Å²) in [5.41, 5.74) is -1.23. The zero-order chi connectivity index (χ0) is 12.8. The first-order chi connectivity index (χ1) is 7.71. The van der Waals surface area contributed by atoms with Gasteiger partial charge in [0.05, 0.1) is 11.6 Å². The van der Waals surface area contributed by atoms with Crippen molar-refractivity contribution in [2.75, 3.05) is 0 Å². The molecule has 0 aromatic heterocycles. The van der Waals surface area contributed by atoms with E-state index in [4.69, 9.17) is 4.74 Å². The summed E-state index contributed by atoms with van der Waals surface area (Å²) in [6.07, 6.45) is 3.26. The number of fused-ring (bicyclic) bond motifs is 2. The van der Waals surface area contributed by atoms with Gasteiger partial charge in [-0.3, -0.25) is 4.90 Å². The Morgan fingerprint density at radius 2 is 2.00 bits per heavy atom. The van der Waals surface area contributed by atoms with Crippen LogP contribution in [0.4, 0.5) is 4.79 Å². The van der Waals surface area contributed by atoms with Crippen molar-refractivity contribution in [1.29, 1.82) is 0 Å². The summed E-state index contributed by atoms with van der Waals surface area (Å²) in [6, 6.07) is 0.186. The van der Waals surface area contributed by atoms with Crippen LogP contribution in [0.25, 0.3) is 0 Å². The van der Waals surface area contributed by atoms with Crippen LogP contribution in [0.1, 0.15) is 53.4 Å². The van der Waals surface area contributed by atoms with E-state index >= 15 is 0 Å². The Morgan fingerprint density at radius 3 is 2.59 bits per heavy atom. The number of ether oxygens (including phenoxy) is 1. The van der Waals surface area contributed by atoms with E-state index in [1.165, 1.54) is 0 Å². The lowest BCUT2D eigenvalue weighted by molar-refractivity contribution is -0.0694. The Bertz CT molecular complexity index is 319. The largest absolute Gasteiger partial charge is 0.444 e. The van der Waals surface area contributed by atoms with E-state index in [0.29, 0.717) is 0 Å². The lowest BCUT2D eigenvalue weighted by Gasteiger charge is -2.43. The number of rotatable bonds is 0. The Hall–Kier alpha value is -0.770. The second-order valence-electron chi connectivity index (χ2n) is 6.53. The average molecular weight is 241 g/mol. The van der Waals surface area contributed by atoms with Crippen LogP contribution in [-0.2, 0) is 4.74 Å². The number of carbonyl (C=O) groups is 1. The van der Waals surface area contributed by atoms with Gasteiger partial charge in [-0.25, -0.2) is 4.79 Å². The molecule has 2 aliphatic heterocycles. The fourth-order valence-electron chi connectivity index (χ4n) is 2.99. The molecule has 2 rings (SSSR count). The van der Waals surface area contributed by atoms with E-state index < -0.39 is 11.2 Å². The highest BCUT2D eigenvalue weighted by Gasteiger charge is 2.51. The molecule has 2 fully saturated rings. The molecule has 98 valence electrons. The molecule has 4 nitrogen and oxygen atoms in total. The van der Waals surface area contributed by atoms with Crippen LogP contribution >= 0.6 is 0 Å². The smallest absolute Gasteiger partial charge is 0.410 e. The first-order valence-corrected chi connectivity index (χ1v) is 6.44. The maximum absolute atomic E-state index is 12.2. The summed E-state index contributed by atoms with van der Waals surface area (Å²) in [4.78, 5) is 13.9. The van der Waals surface area contributed by atoms with Crippen LogP contribution in [0.15, 0.2) is 0 Å². The molecule has 2 aliphatic rings. The third-order valence-corrected chi connectivity index (χ3v) is 3.81. The van der Waals surface area contributed by atoms with E-state index in [9.17, 15) is 9.90 Å². The van der Waals surface area contributed by atoms with Gasteiger partial charge in [-0.1, -0.05) is 0 Å². The molecule has 3 unspecified atom stereocenters. The van der Waals surface area contributed by atoms with Crippen molar-refractivity contribution in [1.82, 2.24) is 4.90 Å². The van der Waals surface area contributed by atoms with Crippen molar-refractivity contribution < 1.29 is 14.6 Å². The van der Waals surface area contributed by atoms with Crippen LogP contribution in [0.5, 0.6) is 0 Å². The SMILES string of the molecule is CC(C)(C)OC(=O)N1C2CCC1C(C)(O)CC2. The van der Waals surface area contributed by atoms with E-state index in [-0.39, 0.29) is 18.2 Å². The van der Waals surface area contributed by atoms with Crippen LogP contribution < -0.4 is 0 Å². The first kappa shape index (κ1) is 12.7. The molecule has 17 heavy (non-hydrogen) atoms. The normalized spacial score (nSPS) is 37.1. The summed E-state index contributed by atoms with van der Waals surface area (Å²) in [6.45, 7) is 7.44. The van der Waals surface area contributed by atoms with Crippen LogP contribution in [0.3, 0.4) is 0 Å². The highest BCUT2D eigenvalue weighted by molar-refractivity contribution is 5.70. The van der Waals surface area contributed by atoms with Gasteiger partial charge in [-0.15, -0.1) is 0 Å². The number of hydrogen-bond donors (Lipinski definition) is 1. The van der Waals surface area contributed by atoms with Crippen molar-refractivity contribution in [3.05, 3.63) is 0 Å². The Morgan fingerprint density at radius 1 is 1.35 bits per heavy atom. The fraction of sp³-hybridized carbons (Fsp3) is 0.923. The van der Waals surface area contributed by atoms with Crippen molar-refractivity contribution >= 4 is 6.09 Å². The number of amides is 1. The predicted molar refractivity (Wildman–Crippen MR) is 64.7 cm³/mol. The molecule has 0 aliphatic carbocycles. The van der Waals surface area contributed by atoms with Crippen LogP contribution in [0, 0.1) is 0 Å². The lowest BCUT2D eigenvalue weighted by Crippen LogP contribution is -2.57. The molecule has 0 spiro atoms. The van der Waals surface area contributed by atoms with Gasteiger partial charge in [0.1, 0.15) is 5.60 Å². The summed E-state index contributed by atoms with van der Waals surface area (Å²) in [5, 5.41) is 10.3. The van der Waals surface area contributed by atoms with E-state index in [1.807, 2.05) is 27.7 Å². The molecule has 2 bridgehead atoms. The number of piperidine rings is 1. The van der Waals surface area contributed by atoms with E-state index in [0.717, 1.165) is 25.7 Å². The van der Waals surface area contributed by atoms with Crippen molar-refractivity contribution in [2.24, 2.45) is 0 Å². The topological polar surface area (TPSA) is 49.8 Å². The highest BCUT2D eigenvalue weighted by atomic mass is 16.6. The van der Waals surface area contributed by atoms with Crippen LogP contribution in [0.2, 0.25) is 0 Å². The molecular weight excluding hydrogens is 218 g/mol. The second kappa shape index (κ2) is 3.87. The molecular formula is C13H23NO3. The Labute approximate surface area is 103 Å². The third-order valence-electron chi connectivity index (χ3n) is 3.81. The molecule has 2 saturated heterocycles. The molecule has 1 amide bonds. The summed E-state index contributed by atoms with van der Waals surface area (Å²) in [5.74, 6) is 0. The Kier molecular flexibility index (Phi) is 2.89. The minimum atomic E-state index is -0.760. The standard InChI is InChI=1S/C13H23NO3/c1-12(2,3)17-11(15)14-9-5-6-10(14)13(4,16)8-7-9/h9-10,16H,5-8H2,1-4H3. The highest BCUT2D eigenvalue weighted by Crippen LogP contribution is 2.41. The van der Waals surface area contributed by atoms with Crippen LogP contribution in [-0.4, -0.2) is 39.4 Å². The zero-order valence-corrected chi connectivity index (χ0v) is 11.2. The summed E-state index contributed by atoms with van der Waals surface area (Å²) < 4.78 is 5.43. The number of carbonyl (C=O) groups excluding carboxylic acids is 1. The lowest BCUT2D eigenvalue weighted by atomic mass is 9.87. The first-order valence-electron chi connectivity index (χ1n) is 6.44. The van der Waals surface area contributed by atoms with Gasteiger partial charge in [0.25, 0.3) is 0 Å². The average Bonchev–Trinajstić information content (AvgIpc) is 2.49. The molecule has 4 heteroatoms. The molecule has 1 N–H and O–H groups in total. The summed E-state index contributed by atoms with van der Waals surface area (Å²) >= 11 is 0. The van der Waals surface area contributed by atoms with Gasteiger partial charge in [0, 0.05) is 6.04 Å². The number of aliphatic hydroxyl groups is 1. The van der Waals surface area contributed by atoms with Gasteiger partial charge in [-0.05, 0) is 53.4 Å². The van der Waals surface area contributed by atoms with Crippen molar-refractivity contribution in [3.8, 4) is 0 Å². The van der Waals surface area contributed by atoms with Gasteiger partial charge in [0.2, 0.25) is 0 Å². The third kappa shape index (κ3) is 2.41. The minimum Gasteiger partial charge on any atom is -0.444 e. The van der Waals surface area contributed by atoms with E-state index in [2.05, 4.69) is 0 Å². The minimum absolute atomic E-state index is 0.0731.